The molecule has 0 aromatic carbocycles. The van der Waals surface area contributed by atoms with Gasteiger partial charge >= 0.3 is 0 Å². The summed E-state index contributed by atoms with van der Waals surface area (Å²) in [6, 6.07) is 1.07. The Hall–Kier alpha value is -0.450. The van der Waals surface area contributed by atoms with Gasteiger partial charge in [-0.2, -0.15) is 0 Å². The average Bonchev–Trinajstić information content (AvgIpc) is 2.69. The largest absolute Gasteiger partial charge is 0.312 e. The fourth-order valence-corrected chi connectivity index (χ4v) is 2.57. The molecule has 3 nitrogen and oxygen atoms in total. The Kier molecular flexibility index (Phi) is 3.15. The van der Waals surface area contributed by atoms with Gasteiger partial charge in [-0.3, -0.25) is 4.90 Å². The van der Waals surface area contributed by atoms with Crippen LogP contribution in [-0.2, 0) is 0 Å². The number of aromatic nitrogens is 1. The molecule has 0 radical (unpaired) electrons. The first kappa shape index (κ1) is 10.1. The molecule has 2 unspecified atom stereocenters. The predicted octanol–water partition coefficient (Wildman–Crippen LogP) is 1.50. The predicted molar refractivity (Wildman–Crippen MR) is 59.6 cm³/mol. The molecule has 0 saturated carbocycles. The second kappa shape index (κ2) is 4.38. The second-order valence-corrected chi connectivity index (χ2v) is 4.66. The molecule has 1 aliphatic rings. The molecule has 14 heavy (non-hydrogen) atoms. The lowest BCUT2D eigenvalue weighted by molar-refractivity contribution is 0.156. The first-order valence-corrected chi connectivity index (χ1v) is 6.07. The van der Waals surface area contributed by atoms with Crippen molar-refractivity contribution in [2.75, 3.05) is 19.6 Å². The molecule has 1 saturated heterocycles. The van der Waals surface area contributed by atoms with Crippen LogP contribution in [0.15, 0.2) is 10.9 Å². The monoisotopic (exact) mass is 211 g/mol. The molecule has 0 spiro atoms. The van der Waals surface area contributed by atoms with Crippen molar-refractivity contribution < 1.29 is 0 Å². The quantitative estimate of drug-likeness (QED) is 0.803. The van der Waals surface area contributed by atoms with E-state index >= 15 is 0 Å². The van der Waals surface area contributed by atoms with Gasteiger partial charge < -0.3 is 5.32 Å². The van der Waals surface area contributed by atoms with Gasteiger partial charge in [0.2, 0.25) is 0 Å². The van der Waals surface area contributed by atoms with Crippen LogP contribution in [0.1, 0.15) is 25.6 Å². The van der Waals surface area contributed by atoms with E-state index in [9.17, 15) is 0 Å². The molecular weight excluding hydrogens is 194 g/mol. The van der Waals surface area contributed by atoms with Gasteiger partial charge in [0, 0.05) is 31.1 Å². The van der Waals surface area contributed by atoms with Gasteiger partial charge in [0.15, 0.2) is 0 Å². The molecule has 0 aliphatic carbocycles. The summed E-state index contributed by atoms with van der Waals surface area (Å²) in [4.78, 5) is 6.87. The molecule has 2 rings (SSSR count). The SMILES string of the molecule is CC1CN(C(C)c2cscn2)CCN1. The molecule has 78 valence electrons. The van der Waals surface area contributed by atoms with Crippen LogP contribution in [0.4, 0.5) is 0 Å². The van der Waals surface area contributed by atoms with Crippen molar-refractivity contribution in [1.29, 1.82) is 0 Å². The minimum atomic E-state index is 0.464. The van der Waals surface area contributed by atoms with E-state index in [0.717, 1.165) is 19.6 Å². The van der Waals surface area contributed by atoms with E-state index in [1.54, 1.807) is 11.3 Å². The van der Waals surface area contributed by atoms with Gasteiger partial charge in [-0.05, 0) is 13.8 Å². The third-order valence-electron chi connectivity index (χ3n) is 2.83. The van der Waals surface area contributed by atoms with Crippen LogP contribution in [0.2, 0.25) is 0 Å². The number of nitrogens with zero attached hydrogens (tertiary/aromatic N) is 2. The van der Waals surface area contributed by atoms with Crippen LogP contribution in [0, 0.1) is 0 Å². The van der Waals surface area contributed by atoms with Crippen molar-refractivity contribution in [3.63, 3.8) is 0 Å². The van der Waals surface area contributed by atoms with E-state index in [-0.39, 0.29) is 0 Å². The van der Waals surface area contributed by atoms with Crippen LogP contribution < -0.4 is 5.32 Å². The van der Waals surface area contributed by atoms with E-state index in [1.807, 2.05) is 5.51 Å². The molecule has 1 fully saturated rings. The van der Waals surface area contributed by atoms with Crippen molar-refractivity contribution in [2.45, 2.75) is 25.9 Å². The number of hydrogen-bond donors (Lipinski definition) is 1. The Bertz CT molecular complexity index is 273. The van der Waals surface area contributed by atoms with Crippen molar-refractivity contribution in [1.82, 2.24) is 15.2 Å². The minimum Gasteiger partial charge on any atom is -0.312 e. The van der Waals surface area contributed by atoms with Crippen LogP contribution in [-0.4, -0.2) is 35.6 Å². The Labute approximate surface area is 89.1 Å². The molecule has 1 aromatic rings. The van der Waals surface area contributed by atoms with Crippen molar-refractivity contribution in [3.05, 3.63) is 16.6 Å². The Morgan fingerprint density at radius 1 is 1.71 bits per heavy atom. The summed E-state index contributed by atoms with van der Waals surface area (Å²) in [6.07, 6.45) is 0. The zero-order valence-corrected chi connectivity index (χ0v) is 9.55. The van der Waals surface area contributed by atoms with Gasteiger partial charge in [0.1, 0.15) is 0 Å². The van der Waals surface area contributed by atoms with Gasteiger partial charge in [-0.25, -0.2) is 4.98 Å². The highest BCUT2D eigenvalue weighted by Crippen LogP contribution is 2.20. The van der Waals surface area contributed by atoms with Crippen LogP contribution in [0.3, 0.4) is 0 Å². The number of rotatable bonds is 2. The first-order chi connectivity index (χ1) is 6.77. The smallest absolute Gasteiger partial charge is 0.0795 e. The number of piperazine rings is 1. The molecule has 1 aromatic heterocycles. The van der Waals surface area contributed by atoms with Crippen molar-refractivity contribution in [3.8, 4) is 0 Å². The summed E-state index contributed by atoms with van der Waals surface area (Å²) < 4.78 is 0. The average molecular weight is 211 g/mol. The zero-order chi connectivity index (χ0) is 9.97. The molecule has 2 heterocycles. The molecule has 0 amide bonds. The Morgan fingerprint density at radius 2 is 2.57 bits per heavy atom. The van der Waals surface area contributed by atoms with Crippen molar-refractivity contribution in [2.24, 2.45) is 0 Å². The molecule has 1 aliphatic heterocycles. The zero-order valence-electron chi connectivity index (χ0n) is 8.73. The van der Waals surface area contributed by atoms with Gasteiger partial charge in [0.05, 0.1) is 17.2 Å². The molecular formula is C10H17N3S. The van der Waals surface area contributed by atoms with Crippen molar-refractivity contribution >= 4 is 11.3 Å². The highest BCUT2D eigenvalue weighted by molar-refractivity contribution is 7.07. The molecule has 0 bridgehead atoms. The summed E-state index contributed by atoms with van der Waals surface area (Å²) in [6.45, 7) is 7.82. The Morgan fingerprint density at radius 3 is 3.21 bits per heavy atom. The fourth-order valence-electron chi connectivity index (χ4n) is 1.93. The number of thiazole rings is 1. The number of hydrogen-bond acceptors (Lipinski definition) is 4. The van der Waals surface area contributed by atoms with Crippen LogP contribution >= 0.6 is 11.3 Å². The van der Waals surface area contributed by atoms with E-state index in [4.69, 9.17) is 0 Å². The summed E-state index contributed by atoms with van der Waals surface area (Å²) >= 11 is 1.68. The maximum absolute atomic E-state index is 4.37. The third-order valence-corrected chi connectivity index (χ3v) is 3.43. The first-order valence-electron chi connectivity index (χ1n) is 5.13. The van der Waals surface area contributed by atoms with Gasteiger partial charge in [-0.1, -0.05) is 0 Å². The van der Waals surface area contributed by atoms with E-state index < -0.39 is 0 Å². The summed E-state index contributed by atoms with van der Waals surface area (Å²) in [5.74, 6) is 0. The highest BCUT2D eigenvalue weighted by Gasteiger charge is 2.22. The number of nitrogens with one attached hydrogen (secondary N) is 1. The lowest BCUT2D eigenvalue weighted by atomic mass is 10.1. The van der Waals surface area contributed by atoms with Crippen LogP contribution in [0.25, 0.3) is 0 Å². The molecule has 2 atom stereocenters. The minimum absolute atomic E-state index is 0.464. The van der Waals surface area contributed by atoms with E-state index in [1.165, 1.54) is 5.69 Å². The standard InChI is InChI=1S/C10H17N3S/c1-8-5-13(4-3-11-8)9(2)10-6-14-7-12-10/h6-9,11H,3-5H2,1-2H3. The highest BCUT2D eigenvalue weighted by atomic mass is 32.1. The van der Waals surface area contributed by atoms with Crippen LogP contribution in [0.5, 0.6) is 0 Å². The summed E-state index contributed by atoms with van der Waals surface area (Å²) in [5.41, 5.74) is 3.13. The maximum Gasteiger partial charge on any atom is 0.0795 e. The maximum atomic E-state index is 4.37. The lowest BCUT2D eigenvalue weighted by Crippen LogP contribution is -2.49. The molecule has 1 N–H and O–H groups in total. The Balaban J connectivity index is 2.00. The van der Waals surface area contributed by atoms with Gasteiger partial charge in [0.25, 0.3) is 0 Å². The normalized spacial score (nSPS) is 26.3. The second-order valence-electron chi connectivity index (χ2n) is 3.94. The topological polar surface area (TPSA) is 28.2 Å². The summed E-state index contributed by atoms with van der Waals surface area (Å²) in [5, 5.41) is 5.60. The van der Waals surface area contributed by atoms with Gasteiger partial charge in [-0.15, -0.1) is 11.3 Å². The van der Waals surface area contributed by atoms with E-state index in [0.29, 0.717) is 12.1 Å². The lowest BCUT2D eigenvalue weighted by Gasteiger charge is -2.35. The van der Waals surface area contributed by atoms with E-state index in [2.05, 4.69) is 34.4 Å². The summed E-state index contributed by atoms with van der Waals surface area (Å²) in [7, 11) is 0. The third kappa shape index (κ3) is 2.13. The fraction of sp³-hybridized carbons (Fsp3) is 0.700. The molecule has 4 heteroatoms.